The first-order valence-electron chi connectivity index (χ1n) is 7.54. The maximum atomic E-state index is 11.8. The number of carbonyl (C=O) groups excluding carboxylic acids is 1. The van der Waals surface area contributed by atoms with E-state index < -0.39 is 0 Å². The SMILES string of the molecule is COc1ccc(C2=C3CCC(=O)NC3c3ccccc32)cc1. The lowest BCUT2D eigenvalue weighted by atomic mass is 9.93. The van der Waals surface area contributed by atoms with E-state index in [0.717, 1.165) is 12.2 Å². The number of piperidine rings is 1. The van der Waals surface area contributed by atoms with Crippen LogP contribution >= 0.6 is 0 Å². The van der Waals surface area contributed by atoms with Crippen LogP contribution in [0.15, 0.2) is 54.1 Å². The van der Waals surface area contributed by atoms with E-state index in [1.165, 1.54) is 27.8 Å². The number of fused-ring (bicyclic) bond motifs is 3. The summed E-state index contributed by atoms with van der Waals surface area (Å²) in [6.07, 6.45) is 1.39. The minimum atomic E-state index is 0.0366. The average Bonchev–Trinajstić information content (AvgIpc) is 2.89. The summed E-state index contributed by atoms with van der Waals surface area (Å²) in [5.74, 6) is 0.994. The second-order valence-corrected chi connectivity index (χ2v) is 5.72. The predicted molar refractivity (Wildman–Crippen MR) is 85.6 cm³/mol. The van der Waals surface area contributed by atoms with E-state index in [1.54, 1.807) is 7.11 Å². The summed E-state index contributed by atoms with van der Waals surface area (Å²) >= 11 is 0. The quantitative estimate of drug-likeness (QED) is 0.920. The number of benzene rings is 2. The first-order valence-corrected chi connectivity index (χ1v) is 7.54. The molecule has 1 N–H and O–H groups in total. The molecular weight excluding hydrogens is 274 g/mol. The zero-order chi connectivity index (χ0) is 15.1. The molecule has 22 heavy (non-hydrogen) atoms. The van der Waals surface area contributed by atoms with Crippen molar-refractivity contribution in [1.82, 2.24) is 5.32 Å². The molecule has 2 aromatic rings. The van der Waals surface area contributed by atoms with Crippen LogP contribution in [-0.2, 0) is 4.79 Å². The molecule has 0 spiro atoms. The Labute approximate surface area is 129 Å². The minimum absolute atomic E-state index is 0.0366. The molecule has 1 saturated heterocycles. The Kier molecular flexibility index (Phi) is 3.00. The molecule has 110 valence electrons. The lowest BCUT2D eigenvalue weighted by molar-refractivity contribution is -0.122. The van der Waals surface area contributed by atoms with Gasteiger partial charge in [0.2, 0.25) is 5.91 Å². The summed E-state index contributed by atoms with van der Waals surface area (Å²) < 4.78 is 5.25. The molecule has 0 bridgehead atoms. The second kappa shape index (κ2) is 5.02. The molecule has 1 atom stereocenters. The van der Waals surface area contributed by atoms with Gasteiger partial charge >= 0.3 is 0 Å². The average molecular weight is 291 g/mol. The molecule has 3 nitrogen and oxygen atoms in total. The van der Waals surface area contributed by atoms with Gasteiger partial charge in [-0.2, -0.15) is 0 Å². The second-order valence-electron chi connectivity index (χ2n) is 5.72. The Morgan fingerprint density at radius 3 is 2.59 bits per heavy atom. The maximum Gasteiger partial charge on any atom is 0.221 e. The van der Waals surface area contributed by atoms with Crippen molar-refractivity contribution in [2.45, 2.75) is 18.9 Å². The van der Waals surface area contributed by atoms with Crippen LogP contribution in [0.2, 0.25) is 0 Å². The molecule has 0 aromatic heterocycles. The van der Waals surface area contributed by atoms with Crippen LogP contribution in [0.4, 0.5) is 0 Å². The van der Waals surface area contributed by atoms with Crippen LogP contribution in [-0.4, -0.2) is 13.0 Å². The van der Waals surface area contributed by atoms with Gasteiger partial charge in [0, 0.05) is 6.42 Å². The van der Waals surface area contributed by atoms with E-state index in [-0.39, 0.29) is 11.9 Å². The highest BCUT2D eigenvalue weighted by Crippen LogP contribution is 2.47. The summed E-state index contributed by atoms with van der Waals surface area (Å²) in [7, 11) is 1.68. The Balaban J connectivity index is 1.87. The molecule has 3 heteroatoms. The number of methoxy groups -OCH3 is 1. The number of hydrogen-bond acceptors (Lipinski definition) is 2. The van der Waals surface area contributed by atoms with E-state index in [9.17, 15) is 4.79 Å². The molecule has 1 amide bonds. The fraction of sp³-hybridized carbons (Fsp3) is 0.211. The van der Waals surface area contributed by atoms with Gasteiger partial charge in [-0.1, -0.05) is 36.4 Å². The zero-order valence-electron chi connectivity index (χ0n) is 12.4. The highest BCUT2D eigenvalue weighted by molar-refractivity contribution is 5.92. The normalized spacial score (nSPS) is 19.5. The maximum absolute atomic E-state index is 11.8. The summed E-state index contributed by atoms with van der Waals surface area (Å²) in [6, 6.07) is 16.5. The Bertz CT molecular complexity index is 774. The smallest absolute Gasteiger partial charge is 0.221 e. The van der Waals surface area contributed by atoms with E-state index >= 15 is 0 Å². The van der Waals surface area contributed by atoms with Crippen molar-refractivity contribution < 1.29 is 9.53 Å². The lowest BCUT2D eigenvalue weighted by Gasteiger charge is -2.23. The first kappa shape index (κ1) is 13.1. The van der Waals surface area contributed by atoms with Gasteiger partial charge in [-0.25, -0.2) is 0 Å². The van der Waals surface area contributed by atoms with Crippen LogP contribution in [0.1, 0.15) is 35.6 Å². The Hall–Kier alpha value is -2.55. The first-order chi connectivity index (χ1) is 10.8. The summed E-state index contributed by atoms with van der Waals surface area (Å²) in [5.41, 5.74) is 6.21. The monoisotopic (exact) mass is 291 g/mol. The standard InChI is InChI=1S/C19H17NO2/c1-22-13-8-6-12(7-9-13)18-14-4-2-3-5-15(14)19-16(18)10-11-17(21)20-19/h2-9,19H,10-11H2,1H3,(H,20,21). The number of amides is 1. The lowest BCUT2D eigenvalue weighted by Crippen LogP contribution is -2.32. The molecule has 1 fully saturated rings. The minimum Gasteiger partial charge on any atom is -0.497 e. The van der Waals surface area contributed by atoms with Gasteiger partial charge in [0.05, 0.1) is 13.2 Å². The van der Waals surface area contributed by atoms with Crippen molar-refractivity contribution in [3.63, 3.8) is 0 Å². The van der Waals surface area contributed by atoms with Gasteiger partial charge in [-0.15, -0.1) is 0 Å². The van der Waals surface area contributed by atoms with Crippen molar-refractivity contribution in [3.05, 3.63) is 70.8 Å². The highest BCUT2D eigenvalue weighted by atomic mass is 16.5. The van der Waals surface area contributed by atoms with Gasteiger partial charge in [0.1, 0.15) is 5.75 Å². The fourth-order valence-corrected chi connectivity index (χ4v) is 3.50. The van der Waals surface area contributed by atoms with Gasteiger partial charge < -0.3 is 10.1 Å². The summed E-state index contributed by atoms with van der Waals surface area (Å²) in [4.78, 5) is 11.8. The number of ether oxygens (including phenoxy) is 1. The molecule has 0 radical (unpaired) electrons. The van der Waals surface area contributed by atoms with Crippen molar-refractivity contribution in [2.24, 2.45) is 0 Å². The van der Waals surface area contributed by atoms with Gasteiger partial charge in [0.15, 0.2) is 0 Å². The van der Waals surface area contributed by atoms with Crippen LogP contribution in [0.5, 0.6) is 5.75 Å². The summed E-state index contributed by atoms with van der Waals surface area (Å²) in [5, 5.41) is 3.14. The third-order valence-electron chi connectivity index (χ3n) is 4.52. The van der Waals surface area contributed by atoms with E-state index in [1.807, 2.05) is 18.2 Å². The molecule has 2 aliphatic rings. The molecule has 1 aliphatic carbocycles. The fourth-order valence-electron chi connectivity index (χ4n) is 3.50. The van der Waals surface area contributed by atoms with Crippen molar-refractivity contribution in [3.8, 4) is 5.75 Å². The highest BCUT2D eigenvalue weighted by Gasteiger charge is 2.35. The third kappa shape index (κ3) is 1.93. The summed E-state index contributed by atoms with van der Waals surface area (Å²) in [6.45, 7) is 0. The van der Waals surface area contributed by atoms with Crippen LogP contribution in [0, 0.1) is 0 Å². The topological polar surface area (TPSA) is 38.3 Å². The van der Waals surface area contributed by atoms with Gasteiger partial charge in [-0.3, -0.25) is 4.79 Å². The zero-order valence-corrected chi connectivity index (χ0v) is 12.4. The van der Waals surface area contributed by atoms with Gasteiger partial charge in [0.25, 0.3) is 0 Å². The molecule has 1 aliphatic heterocycles. The van der Waals surface area contributed by atoms with Crippen LogP contribution in [0.25, 0.3) is 5.57 Å². The van der Waals surface area contributed by atoms with E-state index in [2.05, 4.69) is 35.6 Å². The van der Waals surface area contributed by atoms with Crippen molar-refractivity contribution >= 4 is 11.5 Å². The third-order valence-corrected chi connectivity index (χ3v) is 4.52. The van der Waals surface area contributed by atoms with E-state index in [4.69, 9.17) is 4.74 Å². The molecule has 0 saturated carbocycles. The molecular formula is C19H17NO2. The number of nitrogens with one attached hydrogen (secondary N) is 1. The molecule has 2 aromatic carbocycles. The number of carbonyl (C=O) groups is 1. The van der Waals surface area contributed by atoms with E-state index in [0.29, 0.717) is 6.42 Å². The number of rotatable bonds is 2. The Morgan fingerprint density at radius 2 is 1.82 bits per heavy atom. The van der Waals surface area contributed by atoms with Crippen molar-refractivity contribution in [2.75, 3.05) is 7.11 Å². The number of hydrogen-bond donors (Lipinski definition) is 1. The van der Waals surface area contributed by atoms with Gasteiger partial charge in [-0.05, 0) is 46.4 Å². The molecule has 1 unspecified atom stereocenters. The Morgan fingerprint density at radius 1 is 1.05 bits per heavy atom. The van der Waals surface area contributed by atoms with Crippen LogP contribution < -0.4 is 10.1 Å². The largest absolute Gasteiger partial charge is 0.497 e. The van der Waals surface area contributed by atoms with Crippen molar-refractivity contribution in [1.29, 1.82) is 0 Å². The molecule has 4 rings (SSSR count). The molecule has 1 heterocycles. The predicted octanol–water partition coefficient (Wildman–Crippen LogP) is 3.46. The van der Waals surface area contributed by atoms with Crippen LogP contribution in [0.3, 0.4) is 0 Å².